The molecule has 1 aromatic carbocycles. The first-order valence-electron chi connectivity index (χ1n) is 6.87. The zero-order chi connectivity index (χ0) is 15.7. The average Bonchev–Trinajstić information content (AvgIpc) is 2.84. The summed E-state index contributed by atoms with van der Waals surface area (Å²) in [5.41, 5.74) is 3.81. The molecule has 0 bridgehead atoms. The van der Waals surface area contributed by atoms with Gasteiger partial charge in [-0.05, 0) is 42.7 Å². The number of nitrogens with one attached hydrogen (secondary N) is 1. The molecule has 0 saturated carbocycles. The summed E-state index contributed by atoms with van der Waals surface area (Å²) in [7, 11) is 0. The SMILES string of the molecule is Cc1ccc(CNC(=O)n2c(=O)oc3cccnc32)cc1C.[HH]. The number of hydrogen-bond acceptors (Lipinski definition) is 4. The second-order valence-corrected chi connectivity index (χ2v) is 5.11. The lowest BCUT2D eigenvalue weighted by Gasteiger charge is -2.07. The lowest BCUT2D eigenvalue weighted by atomic mass is 10.1. The van der Waals surface area contributed by atoms with Gasteiger partial charge in [-0.2, -0.15) is 4.57 Å². The first-order valence-corrected chi connectivity index (χ1v) is 6.87. The summed E-state index contributed by atoms with van der Waals surface area (Å²) in [6.07, 6.45) is 1.50. The van der Waals surface area contributed by atoms with Crippen LogP contribution >= 0.6 is 0 Å². The third-order valence-corrected chi connectivity index (χ3v) is 3.56. The predicted molar refractivity (Wildman–Crippen MR) is 83.9 cm³/mol. The molecule has 0 aliphatic heterocycles. The number of fused-ring (bicyclic) bond motifs is 1. The Morgan fingerprint density at radius 1 is 1.32 bits per heavy atom. The number of hydrogen-bond donors (Lipinski definition) is 1. The number of carbonyl (C=O) groups excluding carboxylic acids is 1. The fourth-order valence-electron chi connectivity index (χ4n) is 2.21. The topological polar surface area (TPSA) is 77.1 Å². The molecular weight excluding hydrogens is 282 g/mol. The van der Waals surface area contributed by atoms with Crippen molar-refractivity contribution in [2.45, 2.75) is 20.4 Å². The molecule has 3 aromatic rings. The molecule has 22 heavy (non-hydrogen) atoms. The highest BCUT2D eigenvalue weighted by Gasteiger charge is 2.16. The molecule has 1 N–H and O–H groups in total. The molecule has 1 amide bonds. The van der Waals surface area contributed by atoms with Gasteiger partial charge in [0.2, 0.25) is 0 Å². The monoisotopic (exact) mass is 299 g/mol. The van der Waals surface area contributed by atoms with Gasteiger partial charge in [0.15, 0.2) is 11.2 Å². The van der Waals surface area contributed by atoms with Crippen molar-refractivity contribution in [3.05, 3.63) is 63.8 Å². The Balaban J connectivity index is 0.00000192. The average molecular weight is 299 g/mol. The Hall–Kier alpha value is -2.89. The minimum absolute atomic E-state index is 0. The normalized spacial score (nSPS) is 10.8. The van der Waals surface area contributed by atoms with E-state index < -0.39 is 11.8 Å². The maximum absolute atomic E-state index is 12.2. The van der Waals surface area contributed by atoms with Gasteiger partial charge >= 0.3 is 11.8 Å². The van der Waals surface area contributed by atoms with Crippen LogP contribution in [-0.4, -0.2) is 15.6 Å². The summed E-state index contributed by atoms with van der Waals surface area (Å²) in [4.78, 5) is 28.0. The Morgan fingerprint density at radius 2 is 2.14 bits per heavy atom. The molecule has 6 heteroatoms. The van der Waals surface area contributed by atoms with Crippen LogP contribution in [0.15, 0.2) is 45.7 Å². The number of oxazole rings is 1. The number of aryl methyl sites for hydroxylation is 2. The first-order chi connectivity index (χ1) is 10.6. The van der Waals surface area contributed by atoms with Crippen molar-refractivity contribution in [2.75, 3.05) is 0 Å². The highest BCUT2D eigenvalue weighted by molar-refractivity contribution is 5.85. The number of amides is 1. The van der Waals surface area contributed by atoms with Crippen LogP contribution in [0.2, 0.25) is 0 Å². The number of carbonyl (C=O) groups is 1. The van der Waals surface area contributed by atoms with Crippen molar-refractivity contribution >= 4 is 17.3 Å². The molecule has 6 nitrogen and oxygen atoms in total. The molecule has 0 radical (unpaired) electrons. The van der Waals surface area contributed by atoms with E-state index in [1.165, 1.54) is 11.8 Å². The standard InChI is InChI=1S/C16H15N3O3.H2/c1-10-5-6-12(8-11(10)2)9-18-15(20)19-14-13(22-16(19)21)4-3-7-17-14;/h3-8H,9H2,1-2H3,(H,18,20);1H. The third kappa shape index (κ3) is 2.50. The number of nitrogens with zero attached hydrogens (tertiary/aromatic N) is 2. The molecule has 0 spiro atoms. The Kier molecular flexibility index (Phi) is 3.50. The first kappa shape index (κ1) is 14.1. The van der Waals surface area contributed by atoms with Crippen LogP contribution in [0.3, 0.4) is 0 Å². The summed E-state index contributed by atoms with van der Waals surface area (Å²) >= 11 is 0. The van der Waals surface area contributed by atoms with E-state index >= 15 is 0 Å². The summed E-state index contributed by atoms with van der Waals surface area (Å²) < 4.78 is 5.89. The van der Waals surface area contributed by atoms with E-state index in [4.69, 9.17) is 4.42 Å². The molecule has 2 heterocycles. The van der Waals surface area contributed by atoms with Crippen LogP contribution in [0.25, 0.3) is 11.2 Å². The largest absolute Gasteiger partial charge is 0.429 e. The van der Waals surface area contributed by atoms with Crippen molar-refractivity contribution in [1.82, 2.24) is 14.9 Å². The second kappa shape index (κ2) is 5.48. The van der Waals surface area contributed by atoms with Gasteiger partial charge in [0.1, 0.15) is 0 Å². The molecule has 0 saturated heterocycles. The molecule has 0 aliphatic rings. The maximum Gasteiger partial charge on any atom is 0.429 e. The van der Waals surface area contributed by atoms with Gasteiger partial charge in [0.05, 0.1) is 0 Å². The molecule has 0 atom stereocenters. The van der Waals surface area contributed by atoms with Crippen LogP contribution in [-0.2, 0) is 6.54 Å². The fourth-order valence-corrected chi connectivity index (χ4v) is 2.21. The van der Waals surface area contributed by atoms with E-state index in [0.29, 0.717) is 6.54 Å². The van der Waals surface area contributed by atoms with E-state index in [0.717, 1.165) is 15.7 Å². The lowest BCUT2D eigenvalue weighted by molar-refractivity contribution is 0.240. The Labute approximate surface area is 127 Å². The van der Waals surface area contributed by atoms with E-state index in [-0.39, 0.29) is 12.7 Å². The second-order valence-electron chi connectivity index (χ2n) is 5.11. The van der Waals surface area contributed by atoms with E-state index in [2.05, 4.69) is 10.3 Å². The number of rotatable bonds is 2. The molecule has 0 aliphatic carbocycles. The number of benzene rings is 1. The van der Waals surface area contributed by atoms with Crippen LogP contribution in [0.5, 0.6) is 0 Å². The molecule has 0 unspecified atom stereocenters. The van der Waals surface area contributed by atoms with Crippen LogP contribution in [0, 0.1) is 13.8 Å². The molecular formula is C16H17N3O3. The van der Waals surface area contributed by atoms with Gasteiger partial charge in [-0.3, -0.25) is 0 Å². The minimum atomic E-state index is -0.744. The Bertz CT molecular complexity index is 914. The minimum Gasteiger partial charge on any atom is -0.406 e. The predicted octanol–water partition coefficient (Wildman–Crippen LogP) is 2.61. The van der Waals surface area contributed by atoms with E-state index in [1.807, 2.05) is 32.0 Å². The number of aromatic nitrogens is 2. The van der Waals surface area contributed by atoms with Crippen molar-refractivity contribution in [1.29, 1.82) is 0 Å². The summed E-state index contributed by atoms with van der Waals surface area (Å²) in [5.74, 6) is -0.744. The summed E-state index contributed by atoms with van der Waals surface area (Å²) in [6, 6.07) is 8.62. The smallest absolute Gasteiger partial charge is 0.406 e. The maximum atomic E-state index is 12.2. The van der Waals surface area contributed by atoms with Crippen molar-refractivity contribution in [2.24, 2.45) is 0 Å². The highest BCUT2D eigenvalue weighted by atomic mass is 16.4. The van der Waals surface area contributed by atoms with Gasteiger partial charge in [0.25, 0.3) is 0 Å². The van der Waals surface area contributed by atoms with Crippen molar-refractivity contribution in [3.63, 3.8) is 0 Å². The fraction of sp³-hybridized carbons (Fsp3) is 0.188. The lowest BCUT2D eigenvalue weighted by Crippen LogP contribution is -2.34. The molecule has 0 fully saturated rings. The molecule has 3 rings (SSSR count). The molecule has 114 valence electrons. The van der Waals surface area contributed by atoms with Gasteiger partial charge in [-0.15, -0.1) is 0 Å². The van der Waals surface area contributed by atoms with Crippen molar-refractivity contribution < 1.29 is 10.6 Å². The summed E-state index contributed by atoms with van der Waals surface area (Å²) in [6.45, 7) is 4.37. The highest BCUT2D eigenvalue weighted by Crippen LogP contribution is 2.10. The van der Waals surface area contributed by atoms with Crippen LogP contribution in [0.1, 0.15) is 18.1 Å². The third-order valence-electron chi connectivity index (χ3n) is 3.56. The Morgan fingerprint density at radius 3 is 2.91 bits per heavy atom. The zero-order valence-corrected chi connectivity index (χ0v) is 12.3. The van der Waals surface area contributed by atoms with Crippen LogP contribution < -0.4 is 11.1 Å². The number of pyridine rings is 1. The van der Waals surface area contributed by atoms with Crippen molar-refractivity contribution in [3.8, 4) is 0 Å². The quantitative estimate of drug-likeness (QED) is 0.789. The zero-order valence-electron chi connectivity index (χ0n) is 12.3. The van der Waals surface area contributed by atoms with E-state index in [1.54, 1.807) is 12.1 Å². The van der Waals surface area contributed by atoms with E-state index in [9.17, 15) is 9.59 Å². The van der Waals surface area contributed by atoms with Gasteiger partial charge in [-0.1, -0.05) is 18.2 Å². The van der Waals surface area contributed by atoms with Crippen LogP contribution in [0.4, 0.5) is 4.79 Å². The summed E-state index contributed by atoms with van der Waals surface area (Å²) in [5, 5.41) is 2.71. The van der Waals surface area contributed by atoms with Gasteiger partial charge < -0.3 is 9.73 Å². The van der Waals surface area contributed by atoms with Gasteiger partial charge in [-0.25, -0.2) is 14.6 Å². The van der Waals surface area contributed by atoms with Gasteiger partial charge in [0, 0.05) is 14.2 Å². The molecule has 2 aromatic heterocycles.